The zero-order chi connectivity index (χ0) is 24.9. The highest BCUT2D eigenvalue weighted by Gasteiger charge is 2.44. The smallest absolute Gasteiger partial charge is 0.140 e. The fraction of sp³-hybridized carbons (Fsp3) is 0.242. The Kier molecular flexibility index (Phi) is 5.37. The second-order valence-corrected chi connectivity index (χ2v) is 10.5. The van der Waals surface area contributed by atoms with Gasteiger partial charge < -0.3 is 9.84 Å². The van der Waals surface area contributed by atoms with Gasteiger partial charge in [-0.15, -0.1) is 6.58 Å². The Morgan fingerprint density at radius 3 is 2.57 bits per heavy atom. The molecular weight excluding hydrogens is 456 g/mol. The van der Waals surface area contributed by atoms with Crippen LogP contribution in [0.5, 0.6) is 11.5 Å². The predicted molar refractivity (Wildman–Crippen MR) is 150 cm³/mol. The summed E-state index contributed by atoms with van der Waals surface area (Å²) in [5.74, 6) is 2.29. The summed E-state index contributed by atoms with van der Waals surface area (Å²) in [6, 6.07) is 26.9. The number of aromatic hydroxyl groups is 1. The van der Waals surface area contributed by atoms with Gasteiger partial charge in [0.2, 0.25) is 0 Å². The number of hydrogen-bond donors (Lipinski definition) is 1. The van der Waals surface area contributed by atoms with E-state index >= 15 is 0 Å². The topological polar surface area (TPSA) is 45.6 Å². The van der Waals surface area contributed by atoms with E-state index in [9.17, 15) is 5.11 Å². The van der Waals surface area contributed by atoms with E-state index in [0.717, 1.165) is 47.1 Å². The number of rotatable bonds is 5. The monoisotopic (exact) mass is 486 g/mol. The quantitative estimate of drug-likeness (QED) is 0.210. The third-order valence-corrected chi connectivity index (χ3v) is 8.55. The average Bonchev–Trinajstić information content (AvgIpc) is 2.96. The molecule has 4 heterocycles. The zero-order valence-corrected chi connectivity index (χ0v) is 20.8. The molecule has 0 saturated carbocycles. The van der Waals surface area contributed by atoms with E-state index in [4.69, 9.17) is 4.74 Å². The van der Waals surface area contributed by atoms with Crippen molar-refractivity contribution in [1.29, 1.82) is 0 Å². The molecule has 1 aromatic heterocycles. The van der Waals surface area contributed by atoms with Crippen LogP contribution in [0.2, 0.25) is 0 Å². The van der Waals surface area contributed by atoms with E-state index in [1.165, 1.54) is 22.6 Å². The molecule has 3 unspecified atom stereocenters. The van der Waals surface area contributed by atoms with Crippen molar-refractivity contribution in [2.75, 3.05) is 13.1 Å². The van der Waals surface area contributed by atoms with Crippen LogP contribution in [0, 0.1) is 11.8 Å². The minimum absolute atomic E-state index is 0.203. The summed E-state index contributed by atoms with van der Waals surface area (Å²) in [5, 5.41) is 16.0. The van der Waals surface area contributed by atoms with E-state index in [1.54, 1.807) is 6.07 Å². The van der Waals surface area contributed by atoms with Crippen LogP contribution in [0.25, 0.3) is 32.4 Å². The molecule has 2 bridgehead atoms. The molecule has 4 nitrogen and oxygen atoms in total. The highest BCUT2D eigenvalue weighted by atomic mass is 16.5. The van der Waals surface area contributed by atoms with Crippen molar-refractivity contribution in [2.45, 2.75) is 25.0 Å². The van der Waals surface area contributed by atoms with Gasteiger partial charge in [-0.1, -0.05) is 54.6 Å². The van der Waals surface area contributed by atoms with Crippen LogP contribution in [0.1, 0.15) is 24.5 Å². The van der Waals surface area contributed by atoms with Crippen LogP contribution < -0.4 is 4.74 Å². The molecule has 1 N–H and O–H groups in total. The van der Waals surface area contributed by atoms with Crippen LogP contribution in [0.3, 0.4) is 0 Å². The van der Waals surface area contributed by atoms with Crippen molar-refractivity contribution < 1.29 is 9.84 Å². The van der Waals surface area contributed by atoms with Gasteiger partial charge in [-0.3, -0.25) is 9.88 Å². The van der Waals surface area contributed by atoms with Crippen LogP contribution in [-0.2, 0) is 0 Å². The maximum atomic E-state index is 10.4. The number of nitrogens with zero attached hydrogens (tertiary/aromatic N) is 2. The van der Waals surface area contributed by atoms with E-state index in [1.807, 2.05) is 18.3 Å². The molecule has 0 spiro atoms. The van der Waals surface area contributed by atoms with Crippen molar-refractivity contribution in [3.05, 3.63) is 103 Å². The van der Waals surface area contributed by atoms with E-state index in [-0.39, 0.29) is 17.9 Å². The first-order valence-corrected chi connectivity index (χ1v) is 13.2. The lowest BCUT2D eigenvalue weighted by Gasteiger charge is -2.51. The highest BCUT2D eigenvalue weighted by Crippen LogP contribution is 2.45. The molecule has 37 heavy (non-hydrogen) atoms. The van der Waals surface area contributed by atoms with E-state index in [2.05, 4.69) is 83.2 Å². The second-order valence-electron chi connectivity index (χ2n) is 10.5. The van der Waals surface area contributed by atoms with Crippen LogP contribution in [0.15, 0.2) is 97.7 Å². The zero-order valence-electron chi connectivity index (χ0n) is 20.8. The molecule has 5 aromatic rings. The minimum Gasteiger partial charge on any atom is -0.508 e. The molecule has 3 saturated heterocycles. The largest absolute Gasteiger partial charge is 0.508 e. The van der Waals surface area contributed by atoms with Gasteiger partial charge in [0, 0.05) is 29.1 Å². The van der Waals surface area contributed by atoms with Crippen molar-refractivity contribution in [3.8, 4) is 11.5 Å². The summed E-state index contributed by atoms with van der Waals surface area (Å²) in [5.41, 5.74) is 1.94. The summed E-state index contributed by atoms with van der Waals surface area (Å²) < 4.78 is 7.15. The SMILES string of the molecule is C=CC1CN2CCC1C[C@H]2[C@H](Oc1cc2ccccc2c2ccccc12)c1ccnc2ccc(O)cc12. The number of hydrogen-bond acceptors (Lipinski definition) is 4. The molecule has 0 amide bonds. The van der Waals surface area contributed by atoms with Crippen molar-refractivity contribution in [3.63, 3.8) is 0 Å². The van der Waals surface area contributed by atoms with Gasteiger partial charge in [0.15, 0.2) is 0 Å². The van der Waals surface area contributed by atoms with Gasteiger partial charge in [-0.2, -0.15) is 0 Å². The number of benzene rings is 4. The molecular formula is C33H30N2O2. The number of phenolic OH excluding ortho intramolecular Hbond substituents is 1. The number of phenols is 1. The minimum atomic E-state index is -0.203. The van der Waals surface area contributed by atoms with Crippen LogP contribution >= 0.6 is 0 Å². The Labute approximate surface area is 216 Å². The van der Waals surface area contributed by atoms with E-state index < -0.39 is 0 Å². The van der Waals surface area contributed by atoms with Gasteiger partial charge >= 0.3 is 0 Å². The van der Waals surface area contributed by atoms with Crippen LogP contribution in [0.4, 0.5) is 0 Å². The molecule has 0 aliphatic carbocycles. The molecule has 4 aromatic carbocycles. The molecule has 3 aliphatic heterocycles. The molecule has 5 atom stereocenters. The summed E-state index contributed by atoms with van der Waals surface area (Å²) in [4.78, 5) is 7.18. The Balaban J connectivity index is 1.41. The summed E-state index contributed by atoms with van der Waals surface area (Å²) >= 11 is 0. The first-order chi connectivity index (χ1) is 18.2. The van der Waals surface area contributed by atoms with E-state index in [0.29, 0.717) is 11.8 Å². The third kappa shape index (κ3) is 3.75. The fourth-order valence-electron chi connectivity index (χ4n) is 6.70. The molecule has 3 aliphatic rings. The summed E-state index contributed by atoms with van der Waals surface area (Å²) in [6.07, 6.45) is 6.07. The maximum Gasteiger partial charge on any atom is 0.140 e. The second kappa shape index (κ2) is 8.89. The Morgan fingerprint density at radius 2 is 1.76 bits per heavy atom. The normalized spacial score (nSPS) is 23.9. The fourth-order valence-corrected chi connectivity index (χ4v) is 6.70. The van der Waals surface area contributed by atoms with Gasteiger partial charge in [0.25, 0.3) is 0 Å². The lowest BCUT2D eigenvalue weighted by Crippen LogP contribution is -2.55. The number of pyridine rings is 1. The van der Waals surface area contributed by atoms with Gasteiger partial charge in [-0.25, -0.2) is 0 Å². The number of ether oxygens (including phenoxy) is 1. The standard InChI is InChI=1S/C33H30N2O2/c1-2-21-20-35-16-14-22(21)17-31(35)33(28-13-15-34-30-12-11-24(36)19-29(28)30)37-32-18-23-7-3-4-8-25(23)26-9-5-6-10-27(26)32/h2-13,15,18-19,21-22,31,33,36H,1,14,16-17,20H2/t21?,22?,31-,33+/m0/s1. The van der Waals surface area contributed by atoms with Gasteiger partial charge in [0.05, 0.1) is 11.6 Å². The molecule has 184 valence electrons. The maximum absolute atomic E-state index is 10.4. The first-order valence-electron chi connectivity index (χ1n) is 13.2. The molecule has 3 fully saturated rings. The molecule has 0 radical (unpaired) electrons. The van der Waals surface area contributed by atoms with Crippen molar-refractivity contribution in [2.24, 2.45) is 11.8 Å². The van der Waals surface area contributed by atoms with Crippen molar-refractivity contribution >= 4 is 32.4 Å². The Bertz CT molecular complexity index is 1640. The van der Waals surface area contributed by atoms with Crippen molar-refractivity contribution in [1.82, 2.24) is 9.88 Å². The summed E-state index contributed by atoms with van der Waals surface area (Å²) in [6.45, 7) is 6.21. The number of aromatic nitrogens is 1. The van der Waals surface area contributed by atoms with Gasteiger partial charge in [0.1, 0.15) is 17.6 Å². The Hall–Kier alpha value is -3.89. The lowest BCUT2D eigenvalue weighted by molar-refractivity contribution is -0.0352. The lowest BCUT2D eigenvalue weighted by atomic mass is 9.73. The summed E-state index contributed by atoms with van der Waals surface area (Å²) in [7, 11) is 0. The molecule has 4 heteroatoms. The Morgan fingerprint density at radius 1 is 0.946 bits per heavy atom. The number of fused-ring (bicyclic) bond motifs is 7. The average molecular weight is 487 g/mol. The predicted octanol–water partition coefficient (Wildman–Crippen LogP) is 7.26. The first kappa shape index (κ1) is 22.3. The molecule has 8 rings (SSSR count). The van der Waals surface area contributed by atoms with Gasteiger partial charge in [-0.05, 0) is 77.7 Å². The highest BCUT2D eigenvalue weighted by molar-refractivity contribution is 6.10. The third-order valence-electron chi connectivity index (χ3n) is 8.55. The van der Waals surface area contributed by atoms with Crippen LogP contribution in [-0.4, -0.2) is 34.1 Å². The number of piperidine rings is 3.